The highest BCUT2D eigenvalue weighted by molar-refractivity contribution is 5.03. The van der Waals surface area contributed by atoms with Gasteiger partial charge in [0.15, 0.2) is 0 Å². The molecular weight excluding hydrogens is 146 g/mol. The normalized spacial score (nSPS) is 41.8. The Morgan fingerprint density at radius 3 is 2.58 bits per heavy atom. The molecule has 1 nitrogen and oxygen atoms in total. The van der Waals surface area contributed by atoms with Gasteiger partial charge in [0.25, 0.3) is 0 Å². The molecule has 1 spiro atoms. The second-order valence-electron chi connectivity index (χ2n) is 4.93. The molecule has 1 aliphatic heterocycles. The van der Waals surface area contributed by atoms with Crippen LogP contribution in [0.4, 0.5) is 0 Å². The summed E-state index contributed by atoms with van der Waals surface area (Å²) in [5.74, 6) is 1.83. The second-order valence-corrected chi connectivity index (χ2v) is 4.93. The fourth-order valence-electron chi connectivity index (χ4n) is 3.43. The van der Waals surface area contributed by atoms with E-state index in [-0.39, 0.29) is 0 Å². The zero-order valence-corrected chi connectivity index (χ0v) is 8.40. The molecule has 2 fully saturated rings. The van der Waals surface area contributed by atoms with Crippen LogP contribution in [0, 0.1) is 11.8 Å². The standard InChI is InChI=1S/C11H21N/c1-9(2)10-5-3-6-11(10)7-4-8-12-11/h9-10,12H,3-8H2,1-2H3. The molecule has 12 heavy (non-hydrogen) atoms. The van der Waals surface area contributed by atoms with Crippen molar-refractivity contribution in [3.63, 3.8) is 0 Å². The minimum Gasteiger partial charge on any atom is -0.311 e. The highest BCUT2D eigenvalue weighted by Gasteiger charge is 2.45. The summed E-state index contributed by atoms with van der Waals surface area (Å²) in [7, 11) is 0. The van der Waals surface area contributed by atoms with Crippen molar-refractivity contribution in [2.24, 2.45) is 11.8 Å². The van der Waals surface area contributed by atoms with Crippen LogP contribution in [0.15, 0.2) is 0 Å². The van der Waals surface area contributed by atoms with Crippen molar-refractivity contribution >= 4 is 0 Å². The van der Waals surface area contributed by atoms with Crippen LogP contribution in [-0.2, 0) is 0 Å². The van der Waals surface area contributed by atoms with Gasteiger partial charge in [-0.15, -0.1) is 0 Å². The fourth-order valence-corrected chi connectivity index (χ4v) is 3.43. The summed E-state index contributed by atoms with van der Waals surface area (Å²) in [4.78, 5) is 0. The summed E-state index contributed by atoms with van der Waals surface area (Å²) >= 11 is 0. The van der Waals surface area contributed by atoms with Crippen molar-refractivity contribution in [2.45, 2.75) is 51.5 Å². The van der Waals surface area contributed by atoms with Crippen LogP contribution in [0.1, 0.15) is 46.0 Å². The molecule has 0 aromatic carbocycles. The van der Waals surface area contributed by atoms with E-state index in [0.29, 0.717) is 5.54 Å². The molecular formula is C11H21N. The quantitative estimate of drug-likeness (QED) is 0.633. The van der Waals surface area contributed by atoms with Crippen LogP contribution in [-0.4, -0.2) is 12.1 Å². The van der Waals surface area contributed by atoms with E-state index in [1.54, 1.807) is 0 Å². The van der Waals surface area contributed by atoms with Gasteiger partial charge in [-0.05, 0) is 44.1 Å². The lowest BCUT2D eigenvalue weighted by Crippen LogP contribution is -2.44. The monoisotopic (exact) mass is 167 g/mol. The third-order valence-corrected chi connectivity index (χ3v) is 3.93. The topological polar surface area (TPSA) is 12.0 Å². The van der Waals surface area contributed by atoms with E-state index in [1.807, 2.05) is 0 Å². The Kier molecular flexibility index (Phi) is 2.16. The SMILES string of the molecule is CC(C)C1CCCC12CCCN2. The molecule has 0 radical (unpaired) electrons. The van der Waals surface area contributed by atoms with Gasteiger partial charge >= 0.3 is 0 Å². The maximum atomic E-state index is 3.76. The van der Waals surface area contributed by atoms with Gasteiger partial charge in [-0.2, -0.15) is 0 Å². The third kappa shape index (κ3) is 1.19. The van der Waals surface area contributed by atoms with E-state index in [0.717, 1.165) is 11.8 Å². The largest absolute Gasteiger partial charge is 0.311 e. The average molecular weight is 167 g/mol. The van der Waals surface area contributed by atoms with Gasteiger partial charge in [-0.1, -0.05) is 20.3 Å². The second kappa shape index (κ2) is 3.02. The van der Waals surface area contributed by atoms with Crippen LogP contribution in [0.2, 0.25) is 0 Å². The van der Waals surface area contributed by atoms with E-state index in [1.165, 1.54) is 38.6 Å². The average Bonchev–Trinajstić information content (AvgIpc) is 2.61. The number of nitrogens with one attached hydrogen (secondary N) is 1. The summed E-state index contributed by atoms with van der Waals surface area (Å²) in [5, 5.41) is 3.76. The third-order valence-electron chi connectivity index (χ3n) is 3.93. The molecule has 2 aliphatic rings. The Morgan fingerprint density at radius 2 is 2.00 bits per heavy atom. The molecule has 0 aromatic heterocycles. The number of hydrogen-bond acceptors (Lipinski definition) is 1. The molecule has 2 unspecified atom stereocenters. The lowest BCUT2D eigenvalue weighted by atomic mass is 9.79. The maximum absolute atomic E-state index is 3.76. The van der Waals surface area contributed by atoms with Gasteiger partial charge in [-0.25, -0.2) is 0 Å². The molecule has 1 heterocycles. The predicted molar refractivity (Wildman–Crippen MR) is 52.1 cm³/mol. The van der Waals surface area contributed by atoms with Gasteiger partial charge in [0.2, 0.25) is 0 Å². The highest BCUT2D eigenvalue weighted by Crippen LogP contribution is 2.44. The molecule has 1 saturated carbocycles. The Morgan fingerprint density at radius 1 is 1.25 bits per heavy atom. The zero-order chi connectivity index (χ0) is 8.60. The predicted octanol–water partition coefficient (Wildman–Crippen LogP) is 2.56. The summed E-state index contributed by atoms with van der Waals surface area (Å²) in [6, 6.07) is 0. The van der Waals surface area contributed by atoms with E-state index >= 15 is 0 Å². The Hall–Kier alpha value is -0.0400. The molecule has 2 atom stereocenters. The van der Waals surface area contributed by atoms with Crippen LogP contribution < -0.4 is 5.32 Å². The highest BCUT2D eigenvalue weighted by atomic mass is 15.0. The van der Waals surface area contributed by atoms with E-state index in [2.05, 4.69) is 19.2 Å². The first-order chi connectivity index (χ1) is 5.75. The van der Waals surface area contributed by atoms with Crippen molar-refractivity contribution in [1.82, 2.24) is 5.32 Å². The molecule has 1 aliphatic carbocycles. The van der Waals surface area contributed by atoms with E-state index < -0.39 is 0 Å². The Bertz CT molecular complexity index is 151. The molecule has 70 valence electrons. The zero-order valence-electron chi connectivity index (χ0n) is 8.40. The minimum absolute atomic E-state index is 0.578. The van der Waals surface area contributed by atoms with Crippen molar-refractivity contribution in [2.75, 3.05) is 6.54 Å². The molecule has 2 rings (SSSR count). The molecule has 1 heteroatoms. The molecule has 1 saturated heterocycles. The molecule has 0 aromatic rings. The molecule has 1 N–H and O–H groups in total. The Balaban J connectivity index is 2.12. The van der Waals surface area contributed by atoms with Crippen molar-refractivity contribution in [3.8, 4) is 0 Å². The van der Waals surface area contributed by atoms with Crippen LogP contribution in [0.3, 0.4) is 0 Å². The van der Waals surface area contributed by atoms with Gasteiger partial charge in [0.1, 0.15) is 0 Å². The fraction of sp³-hybridized carbons (Fsp3) is 1.00. The first-order valence-corrected chi connectivity index (χ1v) is 5.50. The lowest BCUT2D eigenvalue weighted by molar-refractivity contribution is 0.220. The van der Waals surface area contributed by atoms with Gasteiger partial charge in [0.05, 0.1) is 0 Å². The van der Waals surface area contributed by atoms with E-state index in [4.69, 9.17) is 0 Å². The Labute approximate surface area is 75.9 Å². The van der Waals surface area contributed by atoms with Crippen molar-refractivity contribution < 1.29 is 0 Å². The molecule has 0 bridgehead atoms. The van der Waals surface area contributed by atoms with Crippen LogP contribution >= 0.6 is 0 Å². The van der Waals surface area contributed by atoms with Gasteiger partial charge in [0, 0.05) is 5.54 Å². The maximum Gasteiger partial charge on any atom is 0.0212 e. The number of rotatable bonds is 1. The first kappa shape index (κ1) is 8.55. The van der Waals surface area contributed by atoms with Crippen LogP contribution in [0.5, 0.6) is 0 Å². The van der Waals surface area contributed by atoms with Gasteiger partial charge < -0.3 is 5.32 Å². The summed E-state index contributed by atoms with van der Waals surface area (Å²) in [6.07, 6.45) is 7.20. The minimum atomic E-state index is 0.578. The number of hydrogen-bond donors (Lipinski definition) is 1. The van der Waals surface area contributed by atoms with Crippen LogP contribution in [0.25, 0.3) is 0 Å². The molecule has 0 amide bonds. The van der Waals surface area contributed by atoms with E-state index in [9.17, 15) is 0 Å². The first-order valence-electron chi connectivity index (χ1n) is 5.50. The summed E-state index contributed by atoms with van der Waals surface area (Å²) in [6.45, 7) is 6.04. The van der Waals surface area contributed by atoms with Gasteiger partial charge in [-0.3, -0.25) is 0 Å². The van der Waals surface area contributed by atoms with Crippen molar-refractivity contribution in [1.29, 1.82) is 0 Å². The van der Waals surface area contributed by atoms with Crippen molar-refractivity contribution in [3.05, 3.63) is 0 Å². The summed E-state index contributed by atoms with van der Waals surface area (Å²) in [5.41, 5.74) is 0.578. The summed E-state index contributed by atoms with van der Waals surface area (Å²) < 4.78 is 0. The smallest absolute Gasteiger partial charge is 0.0212 e. The lowest BCUT2D eigenvalue weighted by Gasteiger charge is -2.34.